The predicted molar refractivity (Wildman–Crippen MR) is 92.7 cm³/mol. The predicted octanol–water partition coefficient (Wildman–Crippen LogP) is 2.38. The number of nitrogens with one attached hydrogen (secondary N) is 1. The average Bonchev–Trinajstić information content (AvgIpc) is 2.93. The first kappa shape index (κ1) is 19.0. The molecule has 7 nitrogen and oxygen atoms in total. The molecule has 0 spiro atoms. The molecule has 2 fully saturated rings. The lowest BCUT2D eigenvalue weighted by atomic mass is 9.62. The van der Waals surface area contributed by atoms with Gasteiger partial charge in [0.05, 0.1) is 30.6 Å². The summed E-state index contributed by atoms with van der Waals surface area (Å²) >= 11 is 0. The molecule has 0 unspecified atom stereocenters. The summed E-state index contributed by atoms with van der Waals surface area (Å²) in [5.41, 5.74) is -1.16. The number of aliphatic hydroxyl groups excluding tert-OH is 1. The van der Waals surface area contributed by atoms with E-state index in [1.54, 1.807) is 6.92 Å². The second kappa shape index (κ2) is 6.60. The Hall–Kier alpha value is -2.38. The van der Waals surface area contributed by atoms with E-state index >= 15 is 0 Å². The molecule has 10 heteroatoms. The first-order chi connectivity index (χ1) is 13.3. The zero-order valence-electron chi connectivity index (χ0n) is 15.3. The number of hydrogen-bond donors (Lipinski definition) is 2. The molecule has 150 valence electrons. The fraction of sp³-hybridized carbons (Fsp3) is 0.611. The van der Waals surface area contributed by atoms with E-state index in [0.29, 0.717) is 19.4 Å². The van der Waals surface area contributed by atoms with Gasteiger partial charge >= 0.3 is 0 Å². The quantitative estimate of drug-likeness (QED) is 0.825. The van der Waals surface area contributed by atoms with Crippen molar-refractivity contribution in [2.24, 2.45) is 0 Å². The Kier molecular flexibility index (Phi) is 4.47. The molecule has 2 N–H and O–H groups in total. The summed E-state index contributed by atoms with van der Waals surface area (Å²) in [7, 11) is 0. The summed E-state index contributed by atoms with van der Waals surface area (Å²) in [6.45, 7) is 2.38. The van der Waals surface area contributed by atoms with Gasteiger partial charge in [0.2, 0.25) is 11.9 Å². The van der Waals surface area contributed by atoms with Crippen LogP contribution in [-0.4, -0.2) is 51.0 Å². The largest absolute Gasteiger partial charge is 0.389 e. The molecule has 4 rings (SSSR count). The lowest BCUT2D eigenvalue weighted by molar-refractivity contribution is -0.129. The highest BCUT2D eigenvalue weighted by atomic mass is 19.3. The molecule has 1 saturated carbocycles. The van der Waals surface area contributed by atoms with Crippen molar-refractivity contribution in [1.29, 1.82) is 5.26 Å². The van der Waals surface area contributed by atoms with E-state index in [4.69, 9.17) is 4.74 Å². The summed E-state index contributed by atoms with van der Waals surface area (Å²) in [6, 6.07) is 1.46. The van der Waals surface area contributed by atoms with Crippen molar-refractivity contribution in [1.82, 2.24) is 14.6 Å². The second-order valence-electron chi connectivity index (χ2n) is 7.55. The van der Waals surface area contributed by atoms with Crippen LogP contribution < -0.4 is 5.32 Å². The molecule has 1 aliphatic heterocycles. The summed E-state index contributed by atoms with van der Waals surface area (Å²) in [6.07, 6.45) is 0.416. The molecule has 0 amide bonds. The van der Waals surface area contributed by atoms with Crippen LogP contribution in [0.1, 0.15) is 43.9 Å². The average molecular weight is 395 g/mol. The Labute approximate surface area is 159 Å². The number of alkyl halides is 2. The van der Waals surface area contributed by atoms with Crippen LogP contribution in [0.3, 0.4) is 0 Å². The molecular weight excluding hydrogens is 375 g/mol. The molecule has 0 aromatic carbocycles. The number of fused-ring (bicyclic) bond motifs is 1. The van der Waals surface area contributed by atoms with Gasteiger partial charge in [-0.15, -0.1) is 5.10 Å². The molecule has 3 heterocycles. The van der Waals surface area contributed by atoms with E-state index in [1.807, 2.05) is 6.07 Å². The molecule has 2 aliphatic rings. The molecule has 2 aromatic rings. The molecule has 28 heavy (non-hydrogen) atoms. The lowest BCUT2D eigenvalue weighted by Crippen LogP contribution is -2.50. The first-order valence-electron chi connectivity index (χ1n) is 9.18. The number of rotatable bonds is 4. The highest BCUT2D eigenvalue weighted by Gasteiger charge is 2.58. The summed E-state index contributed by atoms with van der Waals surface area (Å²) in [5, 5.41) is 26.8. The van der Waals surface area contributed by atoms with E-state index in [-0.39, 0.29) is 35.4 Å². The number of aromatic nitrogens is 3. The normalized spacial score (nSPS) is 25.9. The van der Waals surface area contributed by atoms with Gasteiger partial charge in [0, 0.05) is 24.9 Å². The third-order valence-corrected chi connectivity index (χ3v) is 5.75. The van der Waals surface area contributed by atoms with Gasteiger partial charge in [-0.3, -0.25) is 0 Å². The van der Waals surface area contributed by atoms with Crippen molar-refractivity contribution in [2.45, 2.75) is 56.1 Å². The number of nitrogens with zero attached hydrogens (tertiary/aromatic N) is 4. The number of aliphatic hydroxyl groups is 1. The fourth-order valence-electron chi connectivity index (χ4n) is 4.25. The van der Waals surface area contributed by atoms with E-state index in [0.717, 1.165) is 0 Å². The van der Waals surface area contributed by atoms with Crippen molar-refractivity contribution in [3.05, 3.63) is 23.3 Å². The second-order valence-corrected chi connectivity index (χ2v) is 7.55. The zero-order valence-corrected chi connectivity index (χ0v) is 15.3. The van der Waals surface area contributed by atoms with Crippen LogP contribution >= 0.6 is 0 Å². The minimum Gasteiger partial charge on any atom is -0.389 e. The van der Waals surface area contributed by atoms with Gasteiger partial charge in [0.15, 0.2) is 5.82 Å². The van der Waals surface area contributed by atoms with E-state index in [2.05, 4.69) is 15.4 Å². The van der Waals surface area contributed by atoms with Crippen LogP contribution in [0.25, 0.3) is 5.52 Å². The maximum atomic E-state index is 14.8. The zero-order chi connectivity index (χ0) is 20.1. The number of nitriles is 1. The van der Waals surface area contributed by atoms with Gasteiger partial charge in [-0.2, -0.15) is 5.26 Å². The monoisotopic (exact) mass is 395 g/mol. The van der Waals surface area contributed by atoms with Gasteiger partial charge < -0.3 is 15.2 Å². The van der Waals surface area contributed by atoms with Crippen molar-refractivity contribution in [3.8, 4) is 6.07 Å². The molecule has 0 radical (unpaired) electrons. The standard InChI is InChI=1S/C18H20F3N5O2/c1-2-17(8-18(20,21)9-17)15-10(5-22)14(19)12-6-23-16(25-26(12)15)24-11-3-4-28-7-13(11)27/h6,11,13,27H,2-4,7-9H2,1H3,(H,24,25)/t11-,13-/m1/s1. The number of halogens is 3. The van der Waals surface area contributed by atoms with Crippen molar-refractivity contribution in [2.75, 3.05) is 18.5 Å². The summed E-state index contributed by atoms with van der Waals surface area (Å²) in [4.78, 5) is 4.07. The van der Waals surface area contributed by atoms with Crippen LogP contribution in [0.15, 0.2) is 6.20 Å². The van der Waals surface area contributed by atoms with E-state index < -0.39 is 36.1 Å². The van der Waals surface area contributed by atoms with Gasteiger partial charge in [-0.05, 0) is 12.8 Å². The molecule has 1 aliphatic carbocycles. The van der Waals surface area contributed by atoms with Gasteiger partial charge in [-0.25, -0.2) is 22.7 Å². The Morgan fingerprint density at radius 3 is 2.82 bits per heavy atom. The van der Waals surface area contributed by atoms with Crippen molar-refractivity contribution in [3.63, 3.8) is 0 Å². The maximum Gasteiger partial charge on any atom is 0.250 e. The molecule has 2 aromatic heterocycles. The minimum absolute atomic E-state index is 0.0346. The van der Waals surface area contributed by atoms with Crippen molar-refractivity contribution >= 4 is 11.5 Å². The lowest BCUT2D eigenvalue weighted by Gasteiger charge is -2.46. The Morgan fingerprint density at radius 2 is 2.21 bits per heavy atom. The number of hydrogen-bond acceptors (Lipinski definition) is 6. The van der Waals surface area contributed by atoms with Crippen LogP contribution in [0.5, 0.6) is 0 Å². The Bertz CT molecular complexity index is 947. The van der Waals surface area contributed by atoms with Crippen molar-refractivity contribution < 1.29 is 23.0 Å². The topological polar surface area (TPSA) is 95.5 Å². The third kappa shape index (κ3) is 2.89. The van der Waals surface area contributed by atoms with Gasteiger partial charge in [-0.1, -0.05) is 6.92 Å². The first-order valence-corrected chi connectivity index (χ1v) is 9.18. The minimum atomic E-state index is -2.84. The third-order valence-electron chi connectivity index (χ3n) is 5.75. The van der Waals surface area contributed by atoms with Crippen LogP contribution in [-0.2, 0) is 10.2 Å². The molecule has 2 atom stereocenters. The van der Waals surface area contributed by atoms with Crippen LogP contribution in [0.4, 0.5) is 19.1 Å². The fourth-order valence-corrected chi connectivity index (χ4v) is 4.25. The van der Waals surface area contributed by atoms with Crippen LogP contribution in [0.2, 0.25) is 0 Å². The van der Waals surface area contributed by atoms with Gasteiger partial charge in [0.1, 0.15) is 17.1 Å². The van der Waals surface area contributed by atoms with Crippen LogP contribution in [0, 0.1) is 17.1 Å². The summed E-state index contributed by atoms with van der Waals surface area (Å²) in [5.74, 6) is -3.53. The SMILES string of the molecule is CCC1(c2c(C#N)c(F)c3cnc(N[C@@H]4CCOC[C@H]4O)nn23)CC(F)(F)C1. The Morgan fingerprint density at radius 1 is 1.46 bits per heavy atom. The Balaban J connectivity index is 1.79. The number of anilines is 1. The maximum absolute atomic E-state index is 14.8. The van der Waals surface area contributed by atoms with Gasteiger partial charge in [0.25, 0.3) is 0 Å². The molecule has 0 bridgehead atoms. The smallest absolute Gasteiger partial charge is 0.250 e. The number of ether oxygens (including phenoxy) is 1. The molecule has 1 saturated heterocycles. The highest BCUT2D eigenvalue weighted by molar-refractivity contribution is 5.60. The van der Waals surface area contributed by atoms with E-state index in [1.165, 1.54) is 10.7 Å². The molecular formula is C18H20F3N5O2. The van der Waals surface area contributed by atoms with E-state index in [9.17, 15) is 23.5 Å². The summed E-state index contributed by atoms with van der Waals surface area (Å²) < 4.78 is 48.6. The highest BCUT2D eigenvalue weighted by Crippen LogP contribution is 2.56.